The summed E-state index contributed by atoms with van der Waals surface area (Å²) in [4.78, 5) is 11.9. The molecule has 0 aliphatic rings. The molecule has 39 heavy (non-hydrogen) atoms. The van der Waals surface area contributed by atoms with E-state index in [1.54, 1.807) is 24.3 Å². The van der Waals surface area contributed by atoms with Gasteiger partial charge in [-0.25, -0.2) is 9.48 Å². The number of rotatable bonds is 7. The van der Waals surface area contributed by atoms with Crippen molar-refractivity contribution >= 4 is 29.2 Å². The number of aryl methyl sites for hydroxylation is 2. The zero-order chi connectivity index (χ0) is 28.6. The van der Waals surface area contributed by atoms with Crippen molar-refractivity contribution < 1.29 is 22.7 Å². The smallest absolute Gasteiger partial charge is 0.435 e. The quantitative estimate of drug-likeness (QED) is 0.206. The number of aromatic nitrogens is 2. The van der Waals surface area contributed by atoms with Gasteiger partial charge in [0, 0.05) is 5.69 Å². The standard InChI is InChI=1S/C16H16O2.C14H13Cl2F3N2/c1-3-18-16(17)15-7-5-4-6-14(15)13-10-8-12(2)9-11-13;1-2-3-5-9-8-12(14(17,18)19)20-21(9)13-10(15)6-4-7-11(13)16/h4-11H,3H2,1-2H3;4,6-8H,2-3,5H2,1H3. The number of para-hydroxylation sites is 1. The number of benzene rings is 3. The van der Waals surface area contributed by atoms with E-state index in [9.17, 15) is 18.0 Å². The first-order valence-corrected chi connectivity index (χ1v) is 13.3. The molecule has 4 rings (SSSR count). The average molecular weight is 577 g/mol. The Labute approximate surface area is 236 Å². The Morgan fingerprint density at radius 1 is 0.949 bits per heavy atom. The highest BCUT2D eigenvalue weighted by molar-refractivity contribution is 6.37. The molecule has 0 fully saturated rings. The fourth-order valence-electron chi connectivity index (χ4n) is 3.83. The second-order valence-electron chi connectivity index (χ2n) is 8.74. The summed E-state index contributed by atoms with van der Waals surface area (Å²) in [5, 5.41) is 4.17. The van der Waals surface area contributed by atoms with Crippen LogP contribution in [0, 0.1) is 6.92 Å². The Hall–Kier alpha value is -3.29. The van der Waals surface area contributed by atoms with Crippen molar-refractivity contribution in [1.29, 1.82) is 0 Å². The van der Waals surface area contributed by atoms with Gasteiger partial charge in [-0.1, -0.05) is 90.6 Å². The fraction of sp³-hybridized carbons (Fsp3) is 0.267. The molecule has 0 saturated carbocycles. The molecular formula is C30H29Cl2F3N2O2. The Bertz CT molecular complexity index is 1380. The van der Waals surface area contributed by atoms with Gasteiger partial charge in [0.1, 0.15) is 5.69 Å². The van der Waals surface area contributed by atoms with E-state index in [-0.39, 0.29) is 21.7 Å². The van der Waals surface area contributed by atoms with Crippen molar-refractivity contribution in [1.82, 2.24) is 9.78 Å². The van der Waals surface area contributed by atoms with Crippen LogP contribution in [0.1, 0.15) is 54.0 Å². The van der Waals surface area contributed by atoms with Crippen molar-refractivity contribution in [2.45, 2.75) is 46.2 Å². The van der Waals surface area contributed by atoms with E-state index < -0.39 is 11.9 Å². The third kappa shape index (κ3) is 7.87. The number of halogens is 5. The maximum Gasteiger partial charge on any atom is 0.435 e. The topological polar surface area (TPSA) is 44.1 Å². The van der Waals surface area contributed by atoms with Gasteiger partial charge in [0.15, 0.2) is 5.69 Å². The van der Waals surface area contributed by atoms with Crippen LogP contribution in [0.3, 0.4) is 0 Å². The van der Waals surface area contributed by atoms with Gasteiger partial charge >= 0.3 is 12.1 Å². The van der Waals surface area contributed by atoms with Crippen LogP contribution in [0.4, 0.5) is 13.2 Å². The van der Waals surface area contributed by atoms with Crippen molar-refractivity contribution in [3.8, 4) is 16.8 Å². The fourth-order valence-corrected chi connectivity index (χ4v) is 4.39. The normalized spacial score (nSPS) is 11.1. The van der Waals surface area contributed by atoms with E-state index in [2.05, 4.69) is 5.10 Å². The molecule has 0 bridgehead atoms. The maximum atomic E-state index is 12.9. The monoisotopic (exact) mass is 576 g/mol. The van der Waals surface area contributed by atoms with Gasteiger partial charge in [-0.3, -0.25) is 0 Å². The zero-order valence-corrected chi connectivity index (χ0v) is 23.4. The zero-order valence-electron chi connectivity index (χ0n) is 21.9. The summed E-state index contributed by atoms with van der Waals surface area (Å²) in [6, 6.07) is 21.5. The Kier molecular flexibility index (Phi) is 10.6. The molecule has 1 heterocycles. The van der Waals surface area contributed by atoms with Gasteiger partial charge in [0.25, 0.3) is 0 Å². The molecule has 0 N–H and O–H groups in total. The summed E-state index contributed by atoms with van der Waals surface area (Å²) < 4.78 is 44.9. The van der Waals surface area contributed by atoms with Gasteiger partial charge in [-0.2, -0.15) is 18.3 Å². The molecular weight excluding hydrogens is 548 g/mol. The maximum absolute atomic E-state index is 12.9. The Balaban J connectivity index is 0.000000218. The number of ether oxygens (including phenoxy) is 1. The minimum atomic E-state index is -4.50. The van der Waals surface area contributed by atoms with E-state index in [0.717, 1.165) is 30.0 Å². The van der Waals surface area contributed by atoms with Crippen molar-refractivity contribution in [3.05, 3.63) is 105 Å². The van der Waals surface area contributed by atoms with Crippen LogP contribution in [-0.4, -0.2) is 22.4 Å². The molecule has 3 aromatic carbocycles. The van der Waals surface area contributed by atoms with Crippen LogP contribution < -0.4 is 0 Å². The highest BCUT2D eigenvalue weighted by atomic mass is 35.5. The number of carbonyl (C=O) groups is 1. The Morgan fingerprint density at radius 3 is 2.18 bits per heavy atom. The van der Waals surface area contributed by atoms with E-state index >= 15 is 0 Å². The minimum Gasteiger partial charge on any atom is -0.462 e. The van der Waals surface area contributed by atoms with Crippen LogP contribution in [0.5, 0.6) is 0 Å². The number of carbonyl (C=O) groups excluding carboxylic acids is 1. The lowest BCUT2D eigenvalue weighted by Crippen LogP contribution is -2.08. The molecule has 0 spiro atoms. The summed E-state index contributed by atoms with van der Waals surface area (Å²) in [6.45, 7) is 6.21. The second kappa shape index (κ2) is 13.7. The highest BCUT2D eigenvalue weighted by Crippen LogP contribution is 2.34. The third-order valence-corrected chi connectivity index (χ3v) is 6.40. The first kappa shape index (κ1) is 30.3. The van der Waals surface area contributed by atoms with E-state index in [1.807, 2.05) is 63.2 Å². The van der Waals surface area contributed by atoms with Gasteiger partial charge in [0.2, 0.25) is 0 Å². The Morgan fingerprint density at radius 2 is 1.59 bits per heavy atom. The molecule has 0 amide bonds. The number of unbranched alkanes of at least 4 members (excludes halogenated alkanes) is 1. The molecule has 0 saturated heterocycles. The minimum absolute atomic E-state index is 0.261. The number of esters is 1. The second-order valence-corrected chi connectivity index (χ2v) is 9.55. The molecule has 0 aliphatic carbocycles. The van der Waals surface area contributed by atoms with Crippen LogP contribution in [0.25, 0.3) is 16.8 Å². The number of hydrogen-bond acceptors (Lipinski definition) is 3. The van der Waals surface area contributed by atoms with Crippen molar-refractivity contribution in [3.63, 3.8) is 0 Å². The summed E-state index contributed by atoms with van der Waals surface area (Å²) >= 11 is 12.1. The lowest BCUT2D eigenvalue weighted by Gasteiger charge is -2.10. The van der Waals surface area contributed by atoms with E-state index in [0.29, 0.717) is 24.3 Å². The van der Waals surface area contributed by atoms with Crippen LogP contribution in [0.2, 0.25) is 10.0 Å². The predicted octanol–water partition coefficient (Wildman–Crippen LogP) is 9.38. The van der Waals surface area contributed by atoms with E-state index in [1.165, 1.54) is 10.2 Å². The van der Waals surface area contributed by atoms with Crippen LogP contribution >= 0.6 is 23.2 Å². The number of alkyl halides is 3. The molecule has 1 aromatic heterocycles. The molecule has 0 unspecified atom stereocenters. The highest BCUT2D eigenvalue weighted by Gasteiger charge is 2.35. The molecule has 4 aromatic rings. The van der Waals surface area contributed by atoms with Gasteiger partial charge in [-0.05, 0) is 62.1 Å². The van der Waals surface area contributed by atoms with Gasteiger partial charge in [-0.15, -0.1) is 0 Å². The molecule has 206 valence electrons. The molecule has 0 radical (unpaired) electrons. The van der Waals surface area contributed by atoms with Crippen molar-refractivity contribution in [2.24, 2.45) is 0 Å². The molecule has 4 nitrogen and oxygen atoms in total. The van der Waals surface area contributed by atoms with Crippen molar-refractivity contribution in [2.75, 3.05) is 6.61 Å². The van der Waals surface area contributed by atoms with Gasteiger partial charge < -0.3 is 4.74 Å². The van der Waals surface area contributed by atoms with Crippen LogP contribution in [-0.2, 0) is 17.3 Å². The molecule has 9 heteroatoms. The summed E-state index contributed by atoms with van der Waals surface area (Å²) in [7, 11) is 0. The molecule has 0 aliphatic heterocycles. The average Bonchev–Trinajstić information content (AvgIpc) is 3.33. The number of nitrogens with zero attached hydrogens (tertiary/aromatic N) is 2. The van der Waals surface area contributed by atoms with Gasteiger partial charge in [0.05, 0.1) is 22.2 Å². The van der Waals surface area contributed by atoms with Crippen LogP contribution in [0.15, 0.2) is 72.8 Å². The lowest BCUT2D eigenvalue weighted by molar-refractivity contribution is -0.141. The van der Waals surface area contributed by atoms with E-state index in [4.69, 9.17) is 27.9 Å². The number of hydrogen-bond donors (Lipinski definition) is 0. The molecule has 0 atom stereocenters. The predicted molar refractivity (Wildman–Crippen MR) is 150 cm³/mol. The summed E-state index contributed by atoms with van der Waals surface area (Å²) in [5.41, 5.74) is 3.54. The SMILES string of the molecule is CCCCc1cc(C(F)(F)F)nn1-c1c(Cl)cccc1Cl.CCOC(=O)c1ccccc1-c1ccc(C)cc1. The summed E-state index contributed by atoms with van der Waals surface area (Å²) in [5.74, 6) is -0.270. The lowest BCUT2D eigenvalue weighted by atomic mass is 9.99. The third-order valence-electron chi connectivity index (χ3n) is 5.79. The summed E-state index contributed by atoms with van der Waals surface area (Å²) in [6.07, 6.45) is -2.41. The first-order chi connectivity index (χ1) is 18.6. The first-order valence-electron chi connectivity index (χ1n) is 12.5. The largest absolute Gasteiger partial charge is 0.462 e.